The lowest BCUT2D eigenvalue weighted by atomic mass is 9.98. The van der Waals surface area contributed by atoms with E-state index < -0.39 is 47.3 Å². The Morgan fingerprint density at radius 2 is 0.922 bits per heavy atom. The molecule has 0 fully saturated rings. The number of hydrogen-bond acceptors (Lipinski definition) is 10. The molecule has 0 aliphatic rings. The standard InChI is InChI=1S/C46H42Cl4N8O6/c1-5-33-34(6-2)40(54-46(64)42(26(4)60)58-56-32-14-16-38(50)36(22-32)44(62)52-30-12-8-10-28(20-30)24-48)18-17-39(33)53-45(63)41(25(3)59)57-55-31-13-15-37(49)35(21-31)43(61)51-29-11-7-9-27(19-29)23-47/h7-22,41-42H,5-6,23-24H2,1-4H3,(H,51,61)(H,52,62)(H,53,63)(H,54,64). The maximum atomic E-state index is 13.6. The van der Waals surface area contributed by atoms with Crippen molar-refractivity contribution in [3.8, 4) is 0 Å². The Kier molecular flexibility index (Phi) is 17.4. The van der Waals surface area contributed by atoms with Crippen LogP contribution >= 0.6 is 46.4 Å². The third kappa shape index (κ3) is 12.7. The van der Waals surface area contributed by atoms with Gasteiger partial charge in [0.1, 0.15) is 0 Å². The van der Waals surface area contributed by atoms with E-state index >= 15 is 0 Å². The number of rotatable bonds is 18. The third-order valence-electron chi connectivity index (χ3n) is 9.57. The van der Waals surface area contributed by atoms with Gasteiger partial charge in [0.2, 0.25) is 12.1 Å². The van der Waals surface area contributed by atoms with Crippen LogP contribution in [-0.4, -0.2) is 47.3 Å². The van der Waals surface area contributed by atoms with Crippen molar-refractivity contribution in [2.75, 3.05) is 21.3 Å². The highest BCUT2D eigenvalue weighted by atomic mass is 35.5. The molecular weight excluding hydrogens is 902 g/mol. The summed E-state index contributed by atoms with van der Waals surface area (Å²) in [4.78, 5) is 78.8. The number of nitrogens with zero attached hydrogens (tertiary/aromatic N) is 4. The third-order valence-corrected chi connectivity index (χ3v) is 10.8. The molecule has 2 unspecified atom stereocenters. The van der Waals surface area contributed by atoms with Gasteiger partial charge >= 0.3 is 0 Å². The average Bonchev–Trinajstić information content (AvgIpc) is 3.27. The molecule has 5 aromatic rings. The first-order valence-electron chi connectivity index (χ1n) is 19.8. The van der Waals surface area contributed by atoms with Gasteiger partial charge in [0, 0.05) is 34.5 Å². The van der Waals surface area contributed by atoms with Crippen molar-refractivity contribution in [3.05, 3.63) is 140 Å². The van der Waals surface area contributed by atoms with Gasteiger partial charge in [-0.3, -0.25) is 28.8 Å². The zero-order valence-electron chi connectivity index (χ0n) is 35.0. The van der Waals surface area contributed by atoms with Crippen LogP contribution in [0.4, 0.5) is 34.1 Å². The number of Topliss-reactive ketones (excluding diaryl/α,β-unsaturated/α-hetero) is 2. The number of benzene rings is 5. The lowest BCUT2D eigenvalue weighted by Crippen LogP contribution is -2.33. The molecule has 330 valence electrons. The smallest absolute Gasteiger partial charge is 0.258 e. The first kappa shape index (κ1) is 48.7. The normalized spacial score (nSPS) is 12.1. The van der Waals surface area contributed by atoms with Crippen molar-refractivity contribution in [2.45, 2.75) is 64.4 Å². The second kappa shape index (κ2) is 22.9. The summed E-state index contributed by atoms with van der Waals surface area (Å²) in [5.74, 6) is -3.24. The zero-order chi connectivity index (χ0) is 46.5. The Balaban J connectivity index is 1.30. The number of alkyl halides is 2. The molecule has 5 aromatic carbocycles. The summed E-state index contributed by atoms with van der Waals surface area (Å²) in [6.45, 7) is 6.10. The fourth-order valence-electron chi connectivity index (χ4n) is 6.38. The SMILES string of the molecule is CCc1c(NC(=O)C(N=Nc2ccc(Cl)c(C(=O)Nc3cccc(CCl)c3)c2)C(C)=O)ccc(NC(=O)C(N=Nc2ccc(Cl)c(C(=O)Nc3cccc(CCl)c3)c2)C(C)=O)c1CC. The summed E-state index contributed by atoms with van der Waals surface area (Å²) in [6.07, 6.45) is 0.808. The summed E-state index contributed by atoms with van der Waals surface area (Å²) in [5, 5.41) is 27.6. The monoisotopic (exact) mass is 942 g/mol. The summed E-state index contributed by atoms with van der Waals surface area (Å²) in [6, 6.07) is 22.6. The molecule has 2 atom stereocenters. The number of halogens is 4. The highest BCUT2D eigenvalue weighted by Gasteiger charge is 2.27. The minimum absolute atomic E-state index is 0.0887. The van der Waals surface area contributed by atoms with E-state index in [2.05, 4.69) is 41.7 Å². The number of hydrogen-bond donors (Lipinski definition) is 4. The van der Waals surface area contributed by atoms with E-state index in [4.69, 9.17) is 46.4 Å². The molecule has 5 rings (SSSR count). The lowest BCUT2D eigenvalue weighted by molar-refractivity contribution is -0.127. The fraction of sp³-hybridized carbons (Fsp3) is 0.217. The van der Waals surface area contributed by atoms with Gasteiger partial charge in [-0.15, -0.1) is 23.2 Å². The Morgan fingerprint density at radius 3 is 1.27 bits per heavy atom. The number of carbonyl (C=O) groups is 6. The largest absolute Gasteiger partial charge is 0.323 e. The number of azo groups is 2. The summed E-state index contributed by atoms with van der Waals surface area (Å²) < 4.78 is 0. The summed E-state index contributed by atoms with van der Waals surface area (Å²) in [5.41, 5.74) is 5.18. The van der Waals surface area contributed by atoms with Gasteiger partial charge in [-0.2, -0.15) is 20.5 Å². The minimum Gasteiger partial charge on any atom is -0.323 e. The van der Waals surface area contributed by atoms with E-state index in [0.29, 0.717) is 46.7 Å². The Labute approximate surface area is 389 Å². The van der Waals surface area contributed by atoms with E-state index in [9.17, 15) is 28.8 Å². The number of amides is 4. The van der Waals surface area contributed by atoms with Crippen LogP contribution < -0.4 is 21.3 Å². The maximum Gasteiger partial charge on any atom is 0.258 e. The van der Waals surface area contributed by atoms with E-state index in [-0.39, 0.29) is 44.3 Å². The Morgan fingerprint density at radius 1 is 0.531 bits per heavy atom. The molecule has 0 bridgehead atoms. The number of anilines is 4. The minimum atomic E-state index is -1.55. The molecule has 0 radical (unpaired) electrons. The lowest BCUT2D eigenvalue weighted by Gasteiger charge is -2.20. The summed E-state index contributed by atoms with van der Waals surface area (Å²) >= 11 is 24.5. The van der Waals surface area contributed by atoms with Crippen molar-refractivity contribution in [1.29, 1.82) is 0 Å². The van der Waals surface area contributed by atoms with Gasteiger partial charge in [0.25, 0.3) is 23.6 Å². The van der Waals surface area contributed by atoms with Crippen LogP contribution in [0.25, 0.3) is 0 Å². The van der Waals surface area contributed by atoms with Crippen molar-refractivity contribution >= 4 is 116 Å². The Hall–Kier alpha value is -6.32. The molecule has 14 nitrogen and oxygen atoms in total. The fourth-order valence-corrected chi connectivity index (χ4v) is 7.12. The van der Waals surface area contributed by atoms with Gasteiger partial charge in [0.05, 0.1) is 32.5 Å². The molecule has 4 N–H and O–H groups in total. The van der Waals surface area contributed by atoms with Crippen molar-refractivity contribution < 1.29 is 28.8 Å². The first-order valence-corrected chi connectivity index (χ1v) is 21.6. The molecule has 64 heavy (non-hydrogen) atoms. The average molecular weight is 945 g/mol. The highest BCUT2D eigenvalue weighted by molar-refractivity contribution is 6.35. The van der Waals surface area contributed by atoms with Gasteiger partial charge < -0.3 is 21.3 Å². The Bertz CT molecular complexity index is 2490. The predicted molar refractivity (Wildman–Crippen MR) is 251 cm³/mol. The summed E-state index contributed by atoms with van der Waals surface area (Å²) in [7, 11) is 0. The molecule has 0 aromatic heterocycles. The van der Waals surface area contributed by atoms with Crippen molar-refractivity contribution in [3.63, 3.8) is 0 Å². The molecule has 0 saturated heterocycles. The van der Waals surface area contributed by atoms with Crippen LogP contribution in [0.1, 0.15) is 70.7 Å². The number of nitrogens with one attached hydrogen (secondary N) is 4. The van der Waals surface area contributed by atoms with Gasteiger partial charge in [-0.05, 0) is 122 Å². The van der Waals surface area contributed by atoms with Gasteiger partial charge in [-0.1, -0.05) is 61.3 Å². The van der Waals surface area contributed by atoms with E-state index in [1.807, 2.05) is 26.0 Å². The molecule has 0 saturated carbocycles. The second-order valence-electron chi connectivity index (χ2n) is 14.2. The van der Waals surface area contributed by atoms with Crippen molar-refractivity contribution in [1.82, 2.24) is 0 Å². The van der Waals surface area contributed by atoms with E-state index in [1.165, 1.54) is 50.2 Å². The van der Waals surface area contributed by atoms with E-state index in [1.54, 1.807) is 48.5 Å². The number of ketones is 2. The topological polar surface area (TPSA) is 200 Å². The molecule has 4 amide bonds. The van der Waals surface area contributed by atoms with Gasteiger partial charge in [-0.25, -0.2) is 0 Å². The van der Waals surface area contributed by atoms with Crippen LogP contribution in [0.3, 0.4) is 0 Å². The maximum absolute atomic E-state index is 13.6. The number of carbonyl (C=O) groups excluding carboxylic acids is 6. The quantitative estimate of drug-likeness (QED) is 0.0382. The van der Waals surface area contributed by atoms with E-state index in [0.717, 1.165) is 11.1 Å². The van der Waals surface area contributed by atoms with Crippen LogP contribution in [0.15, 0.2) is 118 Å². The van der Waals surface area contributed by atoms with Crippen LogP contribution in [0.2, 0.25) is 10.0 Å². The molecule has 0 aliphatic carbocycles. The van der Waals surface area contributed by atoms with Crippen molar-refractivity contribution in [2.24, 2.45) is 20.5 Å². The predicted octanol–water partition coefficient (Wildman–Crippen LogP) is 11.5. The van der Waals surface area contributed by atoms with Gasteiger partial charge in [0.15, 0.2) is 11.6 Å². The molecule has 0 heterocycles. The highest BCUT2D eigenvalue weighted by Crippen LogP contribution is 2.31. The molecule has 18 heteroatoms. The zero-order valence-corrected chi connectivity index (χ0v) is 38.0. The molecule has 0 aliphatic heterocycles. The molecule has 0 spiro atoms. The molecular formula is C46H42Cl4N8O6. The van der Waals surface area contributed by atoms with Crippen LogP contribution in [0, 0.1) is 0 Å². The van der Waals surface area contributed by atoms with Crippen LogP contribution in [0.5, 0.6) is 0 Å². The first-order chi connectivity index (χ1) is 30.6. The van der Waals surface area contributed by atoms with Crippen LogP contribution in [-0.2, 0) is 43.8 Å². The second-order valence-corrected chi connectivity index (χ2v) is 15.5.